The van der Waals surface area contributed by atoms with Crippen molar-refractivity contribution in [3.05, 3.63) is 71.0 Å². The van der Waals surface area contributed by atoms with Gasteiger partial charge in [0.15, 0.2) is 0 Å². The molecule has 27 heavy (non-hydrogen) atoms. The molecule has 1 aliphatic rings. The van der Waals surface area contributed by atoms with Crippen LogP contribution < -0.4 is 10.8 Å². The number of rotatable bonds is 7. The molecule has 0 radical (unpaired) electrons. The number of nitrogens with one attached hydrogen (secondary N) is 2. The van der Waals surface area contributed by atoms with Crippen LogP contribution in [-0.2, 0) is 16.0 Å². The van der Waals surface area contributed by atoms with Gasteiger partial charge in [-0.3, -0.25) is 14.8 Å². The molecule has 1 saturated carbocycles. The number of hydrogen-bond acceptors (Lipinski definition) is 3. The number of carbonyl (C=O) groups excluding carboxylic acids is 2. The summed E-state index contributed by atoms with van der Waals surface area (Å²) in [4.78, 5) is 23.8. The third-order valence-corrected chi connectivity index (χ3v) is 4.37. The summed E-state index contributed by atoms with van der Waals surface area (Å²) >= 11 is 0. The Morgan fingerprint density at radius 3 is 2.33 bits per heavy atom. The molecule has 5 nitrogen and oxygen atoms in total. The van der Waals surface area contributed by atoms with Gasteiger partial charge in [-0.15, -0.1) is 0 Å². The third kappa shape index (κ3) is 5.49. The molecule has 0 unspecified atom stereocenters. The normalized spacial score (nSPS) is 13.9. The summed E-state index contributed by atoms with van der Waals surface area (Å²) in [6.45, 7) is 0. The van der Waals surface area contributed by atoms with Gasteiger partial charge in [-0.1, -0.05) is 36.4 Å². The lowest BCUT2D eigenvalue weighted by molar-refractivity contribution is -0.129. The molecule has 140 valence electrons. The summed E-state index contributed by atoms with van der Waals surface area (Å²) in [5.41, 5.74) is 4.52. The zero-order valence-electron chi connectivity index (χ0n) is 14.7. The van der Waals surface area contributed by atoms with Crippen LogP contribution in [0.25, 0.3) is 11.6 Å². The van der Waals surface area contributed by atoms with Gasteiger partial charge < -0.3 is 5.32 Å². The first kappa shape index (κ1) is 18.8. The van der Waals surface area contributed by atoms with E-state index in [4.69, 9.17) is 5.21 Å². The molecule has 0 heterocycles. The number of amides is 2. The van der Waals surface area contributed by atoms with Gasteiger partial charge in [-0.25, -0.2) is 9.87 Å². The number of carbonyl (C=O) groups is 2. The van der Waals surface area contributed by atoms with E-state index in [0.717, 1.165) is 29.5 Å². The van der Waals surface area contributed by atoms with E-state index in [-0.39, 0.29) is 24.2 Å². The lowest BCUT2D eigenvalue weighted by Gasteiger charge is -2.10. The van der Waals surface area contributed by atoms with Crippen LogP contribution in [0, 0.1) is 5.82 Å². The molecule has 0 bridgehead atoms. The predicted octanol–water partition coefficient (Wildman–Crippen LogP) is 3.08. The number of benzene rings is 2. The second-order valence-corrected chi connectivity index (χ2v) is 6.59. The number of hydroxylamine groups is 1. The van der Waals surface area contributed by atoms with E-state index in [2.05, 4.69) is 5.32 Å². The van der Waals surface area contributed by atoms with Crippen LogP contribution in [0.4, 0.5) is 4.39 Å². The van der Waals surface area contributed by atoms with Gasteiger partial charge in [0.2, 0.25) is 5.91 Å². The Kier molecular flexibility index (Phi) is 5.98. The SMILES string of the molecule is O=C(CCc1ccc(C(=Cc2ccc(F)cc2)C(=O)NC2CC2)cc1)NO. The highest BCUT2D eigenvalue weighted by Crippen LogP contribution is 2.24. The van der Waals surface area contributed by atoms with Crippen molar-refractivity contribution in [1.82, 2.24) is 10.8 Å². The molecule has 1 aliphatic carbocycles. The molecule has 0 aromatic heterocycles. The molecule has 0 spiro atoms. The quantitative estimate of drug-likeness (QED) is 0.304. The zero-order valence-corrected chi connectivity index (χ0v) is 14.7. The van der Waals surface area contributed by atoms with Gasteiger partial charge in [0, 0.05) is 18.0 Å². The maximum atomic E-state index is 13.1. The highest BCUT2D eigenvalue weighted by Gasteiger charge is 2.25. The average Bonchev–Trinajstić information content (AvgIpc) is 3.50. The Balaban J connectivity index is 1.82. The smallest absolute Gasteiger partial charge is 0.252 e. The molecule has 0 atom stereocenters. The van der Waals surface area contributed by atoms with E-state index in [9.17, 15) is 14.0 Å². The molecule has 2 amide bonds. The number of aryl methyl sites for hydroxylation is 1. The van der Waals surface area contributed by atoms with Crippen molar-refractivity contribution in [3.8, 4) is 0 Å². The van der Waals surface area contributed by atoms with Crippen molar-refractivity contribution in [2.75, 3.05) is 0 Å². The van der Waals surface area contributed by atoms with Crippen LogP contribution in [-0.4, -0.2) is 23.1 Å². The van der Waals surface area contributed by atoms with Crippen LogP contribution in [0.5, 0.6) is 0 Å². The van der Waals surface area contributed by atoms with Gasteiger partial charge in [0.05, 0.1) is 0 Å². The molecule has 3 rings (SSSR count). The number of halogens is 1. The lowest BCUT2D eigenvalue weighted by Crippen LogP contribution is -2.26. The van der Waals surface area contributed by atoms with E-state index in [1.54, 1.807) is 23.7 Å². The molecular formula is C21H21FN2O3. The Hall–Kier alpha value is -2.99. The van der Waals surface area contributed by atoms with Gasteiger partial charge in [-0.05, 0) is 54.2 Å². The monoisotopic (exact) mass is 368 g/mol. The van der Waals surface area contributed by atoms with Crippen molar-refractivity contribution in [1.29, 1.82) is 0 Å². The molecule has 0 aliphatic heterocycles. The van der Waals surface area contributed by atoms with Crippen molar-refractivity contribution >= 4 is 23.5 Å². The van der Waals surface area contributed by atoms with E-state index in [1.165, 1.54) is 12.1 Å². The summed E-state index contributed by atoms with van der Waals surface area (Å²) in [5.74, 6) is -0.929. The molecular weight excluding hydrogens is 347 g/mol. The van der Waals surface area contributed by atoms with Crippen LogP contribution >= 0.6 is 0 Å². The largest absolute Gasteiger partial charge is 0.349 e. The Labute approximate surface area is 156 Å². The van der Waals surface area contributed by atoms with Crippen molar-refractivity contribution in [3.63, 3.8) is 0 Å². The lowest BCUT2D eigenvalue weighted by atomic mass is 9.99. The topological polar surface area (TPSA) is 78.4 Å². The van der Waals surface area contributed by atoms with E-state index in [1.807, 2.05) is 24.3 Å². The third-order valence-electron chi connectivity index (χ3n) is 4.37. The first-order valence-corrected chi connectivity index (χ1v) is 8.85. The van der Waals surface area contributed by atoms with E-state index < -0.39 is 5.91 Å². The van der Waals surface area contributed by atoms with Crippen LogP contribution in [0.15, 0.2) is 48.5 Å². The maximum Gasteiger partial charge on any atom is 0.252 e. The average molecular weight is 368 g/mol. The van der Waals surface area contributed by atoms with Gasteiger partial charge >= 0.3 is 0 Å². The van der Waals surface area contributed by atoms with E-state index >= 15 is 0 Å². The van der Waals surface area contributed by atoms with Crippen molar-refractivity contribution in [2.24, 2.45) is 0 Å². The van der Waals surface area contributed by atoms with Gasteiger partial charge in [0.1, 0.15) is 5.82 Å². The first-order valence-electron chi connectivity index (χ1n) is 8.85. The minimum Gasteiger partial charge on any atom is -0.349 e. The van der Waals surface area contributed by atoms with Crippen LogP contribution in [0.1, 0.15) is 36.0 Å². The minimum absolute atomic E-state index is 0.158. The highest BCUT2D eigenvalue weighted by molar-refractivity contribution is 6.24. The predicted molar refractivity (Wildman–Crippen MR) is 100 cm³/mol. The van der Waals surface area contributed by atoms with Crippen LogP contribution in [0.2, 0.25) is 0 Å². The van der Waals surface area contributed by atoms with Crippen LogP contribution in [0.3, 0.4) is 0 Å². The number of hydrogen-bond donors (Lipinski definition) is 3. The zero-order chi connectivity index (χ0) is 19.2. The fourth-order valence-corrected chi connectivity index (χ4v) is 2.66. The summed E-state index contributed by atoms with van der Waals surface area (Å²) in [6.07, 6.45) is 4.38. The van der Waals surface area contributed by atoms with Crippen molar-refractivity contribution in [2.45, 2.75) is 31.7 Å². The Morgan fingerprint density at radius 1 is 1.07 bits per heavy atom. The Bertz CT molecular complexity index is 841. The molecule has 0 saturated heterocycles. The first-order chi connectivity index (χ1) is 13.0. The van der Waals surface area contributed by atoms with E-state index in [0.29, 0.717) is 12.0 Å². The summed E-state index contributed by atoms with van der Waals surface area (Å²) in [5, 5.41) is 11.5. The fourth-order valence-electron chi connectivity index (χ4n) is 2.66. The summed E-state index contributed by atoms with van der Waals surface area (Å²) in [7, 11) is 0. The molecule has 2 aromatic rings. The summed E-state index contributed by atoms with van der Waals surface area (Å²) < 4.78 is 13.1. The Morgan fingerprint density at radius 2 is 1.74 bits per heavy atom. The second kappa shape index (κ2) is 8.60. The molecule has 6 heteroatoms. The van der Waals surface area contributed by atoms with Gasteiger partial charge in [0.25, 0.3) is 5.91 Å². The molecule has 1 fully saturated rings. The van der Waals surface area contributed by atoms with Gasteiger partial charge in [-0.2, -0.15) is 0 Å². The van der Waals surface area contributed by atoms with Crippen molar-refractivity contribution < 1.29 is 19.2 Å². The second-order valence-electron chi connectivity index (χ2n) is 6.59. The fraction of sp³-hybridized carbons (Fsp3) is 0.238. The maximum absolute atomic E-state index is 13.1. The minimum atomic E-state index is -0.445. The highest BCUT2D eigenvalue weighted by atomic mass is 19.1. The summed E-state index contributed by atoms with van der Waals surface area (Å²) in [6, 6.07) is 13.6. The molecule has 2 aromatic carbocycles. The standard InChI is InChI=1S/C21H21FN2O3/c22-17-8-3-15(4-9-17)13-19(21(26)23-18-10-11-18)16-6-1-14(2-7-16)5-12-20(25)24-27/h1-4,6-9,13,18,27H,5,10-12H2,(H,23,26)(H,24,25). The molecule has 3 N–H and O–H groups in total.